The number of rotatable bonds is 4. The van der Waals surface area contributed by atoms with E-state index in [9.17, 15) is 23.1 Å². The highest BCUT2D eigenvalue weighted by molar-refractivity contribution is 9.10. The first kappa shape index (κ1) is 22.7. The van der Waals surface area contributed by atoms with E-state index in [1.165, 1.54) is 18.2 Å². The molecule has 2 aromatic carbocycles. The van der Waals surface area contributed by atoms with Crippen LogP contribution in [-0.4, -0.2) is 23.1 Å². The lowest BCUT2D eigenvalue weighted by molar-refractivity contribution is -0.154. The Morgan fingerprint density at radius 2 is 1.88 bits per heavy atom. The lowest BCUT2D eigenvalue weighted by Gasteiger charge is -2.30. The number of alkyl halides is 3. The van der Waals surface area contributed by atoms with Gasteiger partial charge in [0.05, 0.1) is 15.4 Å². The second-order valence-electron chi connectivity index (χ2n) is 8.02. The first-order chi connectivity index (χ1) is 15.1. The number of fused-ring (bicyclic) bond motifs is 1. The van der Waals surface area contributed by atoms with E-state index in [4.69, 9.17) is 9.15 Å². The number of halogens is 4. The van der Waals surface area contributed by atoms with E-state index in [1.807, 2.05) is 4.90 Å². The quantitative estimate of drug-likeness (QED) is 0.445. The van der Waals surface area contributed by atoms with E-state index in [1.54, 1.807) is 18.2 Å². The molecule has 0 atom stereocenters. The minimum absolute atomic E-state index is 0.0473. The van der Waals surface area contributed by atoms with Crippen LogP contribution < -0.4 is 10.2 Å². The van der Waals surface area contributed by atoms with Crippen LogP contribution in [0.15, 0.2) is 50.1 Å². The van der Waals surface area contributed by atoms with Crippen molar-refractivity contribution in [2.45, 2.75) is 32.5 Å². The summed E-state index contributed by atoms with van der Waals surface area (Å²) in [6, 6.07) is 8.82. The van der Waals surface area contributed by atoms with Gasteiger partial charge in [0.1, 0.15) is 17.1 Å². The third-order valence-corrected chi connectivity index (χ3v) is 6.32. The molecule has 0 bridgehead atoms. The molecule has 0 aliphatic carbocycles. The molecule has 0 saturated carbocycles. The van der Waals surface area contributed by atoms with Gasteiger partial charge in [-0.3, -0.25) is 9.69 Å². The molecule has 9 heteroatoms. The van der Waals surface area contributed by atoms with Gasteiger partial charge in [-0.15, -0.1) is 0 Å². The number of hydrogen-bond acceptors (Lipinski definition) is 5. The van der Waals surface area contributed by atoms with Crippen molar-refractivity contribution in [3.8, 4) is 17.2 Å². The summed E-state index contributed by atoms with van der Waals surface area (Å²) >= 11 is 3.21. The van der Waals surface area contributed by atoms with E-state index in [2.05, 4.69) is 22.9 Å². The zero-order valence-corrected chi connectivity index (χ0v) is 18.8. The Labute approximate surface area is 190 Å². The number of nitrogens with zero attached hydrogens (tertiary/aromatic N) is 1. The molecule has 0 unspecified atom stereocenters. The van der Waals surface area contributed by atoms with Crippen LogP contribution in [-0.2, 0) is 12.7 Å². The van der Waals surface area contributed by atoms with Crippen molar-refractivity contribution >= 4 is 26.9 Å². The lowest BCUT2D eigenvalue weighted by Crippen LogP contribution is -2.32. The van der Waals surface area contributed by atoms with Crippen molar-refractivity contribution in [2.24, 2.45) is 5.92 Å². The van der Waals surface area contributed by atoms with E-state index >= 15 is 0 Å². The van der Waals surface area contributed by atoms with Crippen LogP contribution in [0.4, 0.5) is 13.2 Å². The molecule has 32 heavy (non-hydrogen) atoms. The third-order valence-electron chi connectivity index (χ3n) is 5.66. The van der Waals surface area contributed by atoms with Crippen LogP contribution in [0.5, 0.6) is 17.2 Å². The molecule has 3 aromatic rings. The minimum atomic E-state index is -4.98. The Kier molecular flexibility index (Phi) is 6.22. The maximum absolute atomic E-state index is 13.9. The lowest BCUT2D eigenvalue weighted by atomic mass is 9.98. The molecule has 1 saturated heterocycles. The fourth-order valence-corrected chi connectivity index (χ4v) is 4.17. The maximum Gasteiger partial charge on any atom is 0.453 e. The van der Waals surface area contributed by atoms with Gasteiger partial charge in [0.25, 0.3) is 5.76 Å². The number of phenolic OH excluding ortho intramolecular Hbond substituents is 1. The van der Waals surface area contributed by atoms with E-state index in [0.29, 0.717) is 10.4 Å². The topological polar surface area (TPSA) is 62.9 Å². The van der Waals surface area contributed by atoms with E-state index in [0.717, 1.165) is 25.9 Å². The molecule has 1 fully saturated rings. The number of piperidine rings is 1. The number of phenols is 1. The van der Waals surface area contributed by atoms with E-state index < -0.39 is 23.1 Å². The van der Waals surface area contributed by atoms with Gasteiger partial charge in [-0.1, -0.05) is 19.1 Å². The summed E-state index contributed by atoms with van der Waals surface area (Å²) in [5.41, 5.74) is -1.07. The Morgan fingerprint density at radius 1 is 1.19 bits per heavy atom. The van der Waals surface area contributed by atoms with Crippen LogP contribution in [0.1, 0.15) is 31.1 Å². The molecule has 0 spiro atoms. The largest absolute Gasteiger partial charge is 0.507 e. The predicted octanol–water partition coefficient (Wildman–Crippen LogP) is 6.30. The van der Waals surface area contributed by atoms with Crippen LogP contribution in [0.3, 0.4) is 0 Å². The van der Waals surface area contributed by atoms with Crippen LogP contribution >= 0.6 is 15.9 Å². The molecule has 1 N–H and O–H groups in total. The van der Waals surface area contributed by atoms with Crippen molar-refractivity contribution in [1.29, 1.82) is 0 Å². The molecule has 2 heterocycles. The van der Waals surface area contributed by atoms with Gasteiger partial charge >= 0.3 is 6.18 Å². The molecule has 1 aliphatic heterocycles. The van der Waals surface area contributed by atoms with Crippen molar-refractivity contribution in [3.05, 3.63) is 62.4 Å². The van der Waals surface area contributed by atoms with Gasteiger partial charge in [-0.25, -0.2) is 0 Å². The molecule has 4 rings (SSSR count). The Bertz CT molecular complexity index is 1200. The van der Waals surface area contributed by atoms with E-state index in [-0.39, 0.29) is 34.6 Å². The summed E-state index contributed by atoms with van der Waals surface area (Å²) in [7, 11) is 0. The highest BCUT2D eigenvalue weighted by Crippen LogP contribution is 2.41. The summed E-state index contributed by atoms with van der Waals surface area (Å²) in [4.78, 5) is 15.1. The van der Waals surface area contributed by atoms with Crippen LogP contribution in [0.25, 0.3) is 11.0 Å². The average Bonchev–Trinajstić information content (AvgIpc) is 2.74. The van der Waals surface area contributed by atoms with Gasteiger partial charge in [-0.2, -0.15) is 13.2 Å². The minimum Gasteiger partial charge on any atom is -0.507 e. The summed E-state index contributed by atoms with van der Waals surface area (Å²) in [5, 5.41) is 10.3. The fraction of sp³-hybridized carbons (Fsp3) is 0.348. The average molecular weight is 512 g/mol. The van der Waals surface area contributed by atoms with Gasteiger partial charge < -0.3 is 14.3 Å². The standard InChI is InChI=1S/C23H21BrF3NO4/c1-13-8-10-28(11-9-13)12-15-17(29)7-6-14-19(30)21(22(23(25,26)27)32-20(14)15)31-18-5-3-2-4-16(18)24/h2-7,13,29H,8-12H2,1H3. The number of likely N-dealkylation sites (tertiary alicyclic amines) is 1. The number of ether oxygens (including phenoxy) is 1. The van der Waals surface area contributed by atoms with Gasteiger partial charge in [0, 0.05) is 6.54 Å². The van der Waals surface area contributed by atoms with Gasteiger partial charge in [0.2, 0.25) is 11.2 Å². The number of para-hydroxylation sites is 1. The molecule has 1 aliphatic rings. The molecular weight excluding hydrogens is 491 g/mol. The van der Waals surface area contributed by atoms with Crippen LogP contribution in [0, 0.1) is 5.92 Å². The number of benzene rings is 2. The highest BCUT2D eigenvalue weighted by Gasteiger charge is 2.41. The predicted molar refractivity (Wildman–Crippen MR) is 117 cm³/mol. The summed E-state index contributed by atoms with van der Waals surface area (Å²) < 4.78 is 52.7. The molecule has 5 nitrogen and oxygen atoms in total. The molecule has 170 valence electrons. The fourth-order valence-electron chi connectivity index (χ4n) is 3.80. The zero-order chi connectivity index (χ0) is 23.0. The maximum atomic E-state index is 13.9. The first-order valence-corrected chi connectivity index (χ1v) is 11.0. The van der Waals surface area contributed by atoms with Gasteiger partial charge in [0.15, 0.2) is 0 Å². The monoisotopic (exact) mass is 511 g/mol. The highest BCUT2D eigenvalue weighted by atomic mass is 79.9. The summed E-state index contributed by atoms with van der Waals surface area (Å²) in [6.07, 6.45) is -3.08. The number of aromatic hydroxyl groups is 1. The SMILES string of the molecule is CC1CCN(Cc2c(O)ccc3c(=O)c(Oc4ccccc4Br)c(C(F)(F)F)oc23)CC1. The molecular formula is C23H21BrF3NO4. The summed E-state index contributed by atoms with van der Waals surface area (Å²) in [5.74, 6) is -2.08. The van der Waals surface area contributed by atoms with Crippen molar-refractivity contribution < 1.29 is 27.4 Å². The van der Waals surface area contributed by atoms with Crippen LogP contribution in [0.2, 0.25) is 0 Å². The Hall–Kier alpha value is -2.52. The van der Waals surface area contributed by atoms with Crippen molar-refractivity contribution in [3.63, 3.8) is 0 Å². The smallest absolute Gasteiger partial charge is 0.453 e. The first-order valence-electron chi connectivity index (χ1n) is 10.2. The molecule has 0 amide bonds. The Balaban J connectivity index is 1.86. The van der Waals surface area contributed by atoms with Crippen molar-refractivity contribution in [1.82, 2.24) is 4.90 Å². The van der Waals surface area contributed by atoms with Gasteiger partial charge in [-0.05, 0) is 72.0 Å². The Morgan fingerprint density at radius 3 is 2.53 bits per heavy atom. The summed E-state index contributed by atoms with van der Waals surface area (Å²) in [6.45, 7) is 3.82. The molecule has 1 aromatic heterocycles. The van der Waals surface area contributed by atoms with Crippen molar-refractivity contribution in [2.75, 3.05) is 13.1 Å². The second-order valence-corrected chi connectivity index (χ2v) is 8.87. The number of hydrogen-bond donors (Lipinski definition) is 1. The third kappa shape index (κ3) is 4.49. The second kappa shape index (κ2) is 8.78. The molecule has 0 radical (unpaired) electrons. The normalized spacial score (nSPS) is 15.9. The zero-order valence-electron chi connectivity index (χ0n) is 17.2.